The number of carbonyl (C=O) groups is 2. The molecule has 2 amide bonds. The molecule has 2 aromatic rings. The lowest BCUT2D eigenvalue weighted by atomic mass is 9.95. The number of halogens is 2. The third kappa shape index (κ3) is 4.08. The SMILES string of the molecule is C[C@@H]1/C=C/C[C@H](NC(=O)O)c2ccc(C#N)c(c2)-c2c(cnn2C(F)F)NC1=O. The molecule has 0 saturated heterocycles. The first-order valence-electron chi connectivity index (χ1n) is 8.69. The number of benzene rings is 1. The second-order valence-corrected chi connectivity index (χ2v) is 6.49. The molecule has 0 spiro atoms. The van der Waals surface area contributed by atoms with E-state index in [1.807, 2.05) is 6.07 Å². The highest BCUT2D eigenvalue weighted by atomic mass is 19.3. The minimum atomic E-state index is -3.01. The van der Waals surface area contributed by atoms with E-state index >= 15 is 0 Å². The number of amides is 2. The van der Waals surface area contributed by atoms with Crippen LogP contribution in [0.25, 0.3) is 11.3 Å². The number of rotatable bonds is 2. The Balaban J connectivity index is 2.28. The number of hydrogen-bond acceptors (Lipinski definition) is 4. The molecule has 2 heterocycles. The van der Waals surface area contributed by atoms with Crippen molar-refractivity contribution >= 4 is 17.7 Å². The third-order valence-electron chi connectivity index (χ3n) is 4.57. The number of carboxylic acid groups (broad SMARTS) is 1. The average molecular weight is 401 g/mol. The van der Waals surface area contributed by atoms with E-state index in [0.717, 1.165) is 6.20 Å². The number of nitriles is 1. The second kappa shape index (κ2) is 8.10. The molecule has 150 valence electrons. The molecule has 1 aromatic carbocycles. The molecule has 1 aliphatic heterocycles. The maximum Gasteiger partial charge on any atom is 0.405 e. The fraction of sp³-hybridized carbons (Fsp3) is 0.263. The average Bonchev–Trinajstić information content (AvgIpc) is 3.09. The Hall–Kier alpha value is -3.74. The molecule has 0 saturated carbocycles. The number of nitrogens with zero attached hydrogens (tertiary/aromatic N) is 3. The van der Waals surface area contributed by atoms with E-state index in [4.69, 9.17) is 5.11 Å². The summed E-state index contributed by atoms with van der Waals surface area (Å²) in [5.74, 6) is -1.05. The number of hydrogen-bond donors (Lipinski definition) is 3. The van der Waals surface area contributed by atoms with Crippen LogP contribution in [0.1, 0.15) is 37.1 Å². The fourth-order valence-electron chi connectivity index (χ4n) is 3.12. The van der Waals surface area contributed by atoms with Gasteiger partial charge >= 0.3 is 12.6 Å². The van der Waals surface area contributed by atoms with Crippen LogP contribution in [-0.4, -0.2) is 26.9 Å². The van der Waals surface area contributed by atoms with Crippen LogP contribution >= 0.6 is 0 Å². The molecule has 0 unspecified atom stereocenters. The van der Waals surface area contributed by atoms with E-state index < -0.39 is 30.5 Å². The first-order chi connectivity index (χ1) is 13.8. The Morgan fingerprint density at radius 3 is 2.90 bits per heavy atom. The highest BCUT2D eigenvalue weighted by Crippen LogP contribution is 2.36. The normalized spacial score (nSPS) is 19.9. The van der Waals surface area contributed by atoms with Crippen LogP contribution in [0.2, 0.25) is 0 Å². The number of aromatic nitrogens is 2. The van der Waals surface area contributed by atoms with Gasteiger partial charge in [0.25, 0.3) is 0 Å². The number of alkyl halides is 2. The number of carbonyl (C=O) groups excluding carboxylic acids is 1. The smallest absolute Gasteiger partial charge is 0.405 e. The summed E-state index contributed by atoms with van der Waals surface area (Å²) in [6, 6.07) is 5.69. The van der Waals surface area contributed by atoms with Gasteiger partial charge in [-0.2, -0.15) is 19.1 Å². The summed E-state index contributed by atoms with van der Waals surface area (Å²) in [5, 5.41) is 27.2. The van der Waals surface area contributed by atoms with Gasteiger partial charge in [-0.3, -0.25) is 4.79 Å². The van der Waals surface area contributed by atoms with Crippen molar-refractivity contribution in [3.05, 3.63) is 47.7 Å². The molecule has 0 aliphatic carbocycles. The van der Waals surface area contributed by atoms with Gasteiger partial charge in [-0.05, 0) is 24.1 Å². The van der Waals surface area contributed by atoms with Crippen molar-refractivity contribution in [2.24, 2.45) is 5.92 Å². The van der Waals surface area contributed by atoms with Gasteiger partial charge in [-0.15, -0.1) is 0 Å². The summed E-state index contributed by atoms with van der Waals surface area (Å²) < 4.78 is 27.6. The van der Waals surface area contributed by atoms with Gasteiger partial charge in [0.1, 0.15) is 0 Å². The molecule has 1 aromatic heterocycles. The van der Waals surface area contributed by atoms with Crippen molar-refractivity contribution in [3.63, 3.8) is 0 Å². The van der Waals surface area contributed by atoms with Gasteiger partial charge in [0.15, 0.2) is 0 Å². The largest absolute Gasteiger partial charge is 0.465 e. The van der Waals surface area contributed by atoms with Gasteiger partial charge < -0.3 is 15.7 Å². The Bertz CT molecular complexity index is 1030. The Morgan fingerprint density at radius 2 is 2.24 bits per heavy atom. The standard InChI is InChI=1S/C19H17F2N5O3/c1-10-3-2-4-14(25-19(28)29)11-5-6-12(8-22)13(7-11)16-15(24-17(10)27)9-23-26(16)18(20)21/h2-3,5-7,9-10,14,18,25H,4H2,1H3,(H,24,27)(H,28,29)/b3-2+/t10-,14+/m1/s1. The van der Waals surface area contributed by atoms with Crippen LogP contribution in [0.5, 0.6) is 0 Å². The van der Waals surface area contributed by atoms with E-state index in [1.54, 1.807) is 25.1 Å². The highest BCUT2D eigenvalue weighted by Gasteiger charge is 2.25. The predicted molar refractivity (Wildman–Crippen MR) is 99.1 cm³/mol. The summed E-state index contributed by atoms with van der Waals surface area (Å²) in [4.78, 5) is 23.7. The topological polar surface area (TPSA) is 120 Å². The molecule has 0 radical (unpaired) electrons. The molecule has 2 bridgehead atoms. The first kappa shape index (κ1) is 20.0. The zero-order valence-corrected chi connectivity index (χ0v) is 15.3. The Morgan fingerprint density at radius 1 is 1.48 bits per heavy atom. The molecule has 2 atom stereocenters. The molecule has 10 heteroatoms. The van der Waals surface area contributed by atoms with Crippen molar-refractivity contribution < 1.29 is 23.5 Å². The summed E-state index contributed by atoms with van der Waals surface area (Å²) in [5.41, 5.74) is 0.595. The number of anilines is 1. The van der Waals surface area contributed by atoms with Crippen LogP contribution < -0.4 is 10.6 Å². The van der Waals surface area contributed by atoms with Crippen molar-refractivity contribution in [3.8, 4) is 17.3 Å². The van der Waals surface area contributed by atoms with Crippen molar-refractivity contribution in [2.45, 2.75) is 25.9 Å². The van der Waals surface area contributed by atoms with E-state index in [2.05, 4.69) is 15.7 Å². The molecule has 1 aliphatic rings. The Kier molecular flexibility index (Phi) is 5.59. The van der Waals surface area contributed by atoms with Gasteiger partial charge in [0.05, 0.1) is 41.2 Å². The van der Waals surface area contributed by atoms with Crippen molar-refractivity contribution in [1.82, 2.24) is 15.1 Å². The molecule has 8 nitrogen and oxygen atoms in total. The van der Waals surface area contributed by atoms with Gasteiger partial charge in [-0.25, -0.2) is 9.48 Å². The molecular weight excluding hydrogens is 384 g/mol. The quantitative estimate of drug-likeness (QED) is 0.664. The molecular formula is C19H17F2N5O3. The van der Waals surface area contributed by atoms with Crippen LogP contribution in [0, 0.1) is 17.2 Å². The molecule has 3 rings (SSSR count). The second-order valence-electron chi connectivity index (χ2n) is 6.49. The Labute approximate surface area is 164 Å². The van der Waals surface area contributed by atoms with Crippen LogP contribution in [-0.2, 0) is 4.79 Å². The van der Waals surface area contributed by atoms with E-state index in [1.165, 1.54) is 12.1 Å². The molecule has 29 heavy (non-hydrogen) atoms. The third-order valence-corrected chi connectivity index (χ3v) is 4.57. The molecule has 3 N–H and O–H groups in total. The number of nitrogens with one attached hydrogen (secondary N) is 2. The van der Waals surface area contributed by atoms with E-state index in [9.17, 15) is 23.6 Å². The zero-order chi connectivity index (χ0) is 21.1. The number of fused-ring (bicyclic) bond motifs is 4. The lowest BCUT2D eigenvalue weighted by molar-refractivity contribution is -0.118. The van der Waals surface area contributed by atoms with Crippen molar-refractivity contribution in [2.75, 3.05) is 5.32 Å². The van der Waals surface area contributed by atoms with Crippen LogP contribution in [0.15, 0.2) is 36.5 Å². The van der Waals surface area contributed by atoms with Crippen LogP contribution in [0.4, 0.5) is 19.3 Å². The summed E-state index contributed by atoms with van der Waals surface area (Å²) in [6.07, 6.45) is 3.35. The minimum absolute atomic E-state index is 0.0347. The van der Waals surface area contributed by atoms with Gasteiger partial charge in [0.2, 0.25) is 5.91 Å². The summed E-state index contributed by atoms with van der Waals surface area (Å²) >= 11 is 0. The fourth-order valence-corrected chi connectivity index (χ4v) is 3.12. The van der Waals surface area contributed by atoms with Gasteiger partial charge in [0, 0.05) is 5.56 Å². The maximum atomic E-state index is 13.6. The zero-order valence-electron chi connectivity index (χ0n) is 15.3. The summed E-state index contributed by atoms with van der Waals surface area (Å²) in [6.45, 7) is -1.39. The predicted octanol–water partition coefficient (Wildman–Crippen LogP) is 3.66. The lowest BCUT2D eigenvalue weighted by Gasteiger charge is -2.19. The minimum Gasteiger partial charge on any atom is -0.465 e. The van der Waals surface area contributed by atoms with E-state index in [0.29, 0.717) is 10.2 Å². The van der Waals surface area contributed by atoms with Crippen molar-refractivity contribution in [1.29, 1.82) is 5.26 Å². The van der Waals surface area contributed by atoms with E-state index in [-0.39, 0.29) is 28.9 Å². The maximum absolute atomic E-state index is 13.6. The monoisotopic (exact) mass is 401 g/mol. The van der Waals surface area contributed by atoms with Crippen LogP contribution in [0.3, 0.4) is 0 Å². The van der Waals surface area contributed by atoms with Gasteiger partial charge in [-0.1, -0.05) is 25.1 Å². The first-order valence-corrected chi connectivity index (χ1v) is 8.69. The lowest BCUT2D eigenvalue weighted by Crippen LogP contribution is -2.27. The molecule has 0 fully saturated rings. The highest BCUT2D eigenvalue weighted by molar-refractivity contribution is 5.97. The summed E-state index contributed by atoms with van der Waals surface area (Å²) in [7, 11) is 0.